The van der Waals surface area contributed by atoms with Gasteiger partial charge in [-0.3, -0.25) is 0 Å². The molecule has 0 amide bonds. The van der Waals surface area contributed by atoms with Crippen LogP contribution in [0.15, 0.2) is 12.7 Å². The highest BCUT2D eigenvalue weighted by atomic mass is 79.9. The second-order valence-corrected chi connectivity index (χ2v) is 4.55. The van der Waals surface area contributed by atoms with Crippen LogP contribution >= 0.6 is 15.9 Å². The van der Waals surface area contributed by atoms with Crippen LogP contribution in [0.4, 0.5) is 0 Å². The van der Waals surface area contributed by atoms with Crippen molar-refractivity contribution < 1.29 is 0 Å². The second kappa shape index (κ2) is 5.96. The van der Waals surface area contributed by atoms with Crippen LogP contribution in [0.5, 0.6) is 0 Å². The Morgan fingerprint density at radius 3 is 2.50 bits per heavy atom. The Bertz CT molecular complexity index is 86.7. The Balaban J connectivity index is 3.24. The lowest BCUT2D eigenvalue weighted by atomic mass is 10.0. The van der Waals surface area contributed by atoms with Gasteiger partial charge in [0.2, 0.25) is 0 Å². The van der Waals surface area contributed by atoms with E-state index in [9.17, 15) is 0 Å². The van der Waals surface area contributed by atoms with E-state index in [0.717, 1.165) is 12.3 Å². The van der Waals surface area contributed by atoms with Crippen molar-refractivity contribution in [3.8, 4) is 0 Å². The maximum atomic E-state index is 3.70. The molecular formula is C9H17Br. The molecule has 60 valence electrons. The molecule has 0 bridgehead atoms. The zero-order chi connectivity index (χ0) is 7.98. The average Bonchev–Trinajstić information content (AvgIpc) is 1.82. The van der Waals surface area contributed by atoms with Crippen LogP contribution in [-0.4, -0.2) is 4.83 Å². The summed E-state index contributed by atoms with van der Waals surface area (Å²) in [5, 5.41) is 0. The minimum absolute atomic E-state index is 0.660. The summed E-state index contributed by atoms with van der Waals surface area (Å²) in [7, 11) is 0. The molecule has 0 spiro atoms. The first kappa shape index (κ1) is 10.2. The van der Waals surface area contributed by atoms with Crippen LogP contribution in [0.1, 0.15) is 33.1 Å². The third-order valence-electron chi connectivity index (χ3n) is 1.59. The summed E-state index contributed by atoms with van der Waals surface area (Å²) in [6.45, 7) is 8.19. The molecule has 2 atom stereocenters. The number of alkyl halides is 1. The highest BCUT2D eigenvalue weighted by Gasteiger charge is 2.03. The zero-order valence-corrected chi connectivity index (χ0v) is 8.52. The van der Waals surface area contributed by atoms with Crippen molar-refractivity contribution in [2.75, 3.05) is 0 Å². The van der Waals surface area contributed by atoms with Crippen molar-refractivity contribution in [3.05, 3.63) is 12.7 Å². The second-order valence-electron chi connectivity index (χ2n) is 2.99. The van der Waals surface area contributed by atoms with Crippen molar-refractivity contribution in [1.82, 2.24) is 0 Å². The minimum atomic E-state index is 0.660. The van der Waals surface area contributed by atoms with E-state index in [1.165, 1.54) is 12.8 Å². The minimum Gasteiger partial charge on any atom is -0.103 e. The predicted molar refractivity (Wildman–Crippen MR) is 51.6 cm³/mol. The maximum absolute atomic E-state index is 3.70. The molecule has 0 radical (unpaired) electrons. The molecule has 0 saturated heterocycles. The Labute approximate surface area is 72.8 Å². The lowest BCUT2D eigenvalue weighted by Gasteiger charge is -2.10. The molecule has 0 saturated carbocycles. The highest BCUT2D eigenvalue weighted by molar-refractivity contribution is 9.09. The Morgan fingerprint density at radius 1 is 1.50 bits per heavy atom. The van der Waals surface area contributed by atoms with Crippen molar-refractivity contribution >= 4 is 15.9 Å². The fourth-order valence-corrected chi connectivity index (χ4v) is 1.71. The molecule has 0 aromatic carbocycles. The monoisotopic (exact) mass is 204 g/mol. The Morgan fingerprint density at radius 2 is 2.10 bits per heavy atom. The van der Waals surface area contributed by atoms with Gasteiger partial charge in [0.1, 0.15) is 0 Å². The zero-order valence-electron chi connectivity index (χ0n) is 6.94. The van der Waals surface area contributed by atoms with Gasteiger partial charge in [0.25, 0.3) is 0 Å². The van der Waals surface area contributed by atoms with Gasteiger partial charge in [0.15, 0.2) is 0 Å². The molecule has 0 fully saturated rings. The normalized spacial score (nSPS) is 16.3. The average molecular weight is 205 g/mol. The summed E-state index contributed by atoms with van der Waals surface area (Å²) in [6, 6.07) is 0. The first-order chi connectivity index (χ1) is 4.66. The maximum Gasteiger partial charge on any atom is 0.0120 e. The van der Waals surface area contributed by atoms with Crippen LogP contribution in [-0.2, 0) is 0 Å². The van der Waals surface area contributed by atoms with Gasteiger partial charge in [-0.2, -0.15) is 0 Å². The summed E-state index contributed by atoms with van der Waals surface area (Å²) >= 11 is 3.54. The first-order valence-electron chi connectivity index (χ1n) is 3.91. The van der Waals surface area contributed by atoms with Gasteiger partial charge in [-0.05, 0) is 25.2 Å². The van der Waals surface area contributed by atoms with Gasteiger partial charge >= 0.3 is 0 Å². The fraction of sp³-hybridized carbons (Fsp3) is 0.778. The van der Waals surface area contributed by atoms with E-state index in [2.05, 4.69) is 36.4 Å². The third-order valence-corrected chi connectivity index (χ3v) is 1.96. The lowest BCUT2D eigenvalue weighted by Crippen LogP contribution is -2.00. The first-order valence-corrected chi connectivity index (χ1v) is 4.83. The molecule has 0 N–H and O–H groups in total. The van der Waals surface area contributed by atoms with Gasteiger partial charge in [-0.25, -0.2) is 0 Å². The molecule has 10 heavy (non-hydrogen) atoms. The van der Waals surface area contributed by atoms with E-state index in [-0.39, 0.29) is 0 Å². The molecule has 0 heterocycles. The van der Waals surface area contributed by atoms with Crippen LogP contribution in [0.25, 0.3) is 0 Å². The molecular weight excluding hydrogens is 188 g/mol. The summed E-state index contributed by atoms with van der Waals surface area (Å²) < 4.78 is 0. The molecule has 0 nitrogen and oxygen atoms in total. The molecule has 0 aromatic rings. The van der Waals surface area contributed by atoms with E-state index in [1.54, 1.807) is 0 Å². The number of halogens is 1. The van der Waals surface area contributed by atoms with Gasteiger partial charge in [0.05, 0.1) is 0 Å². The largest absolute Gasteiger partial charge is 0.103 e. The highest BCUT2D eigenvalue weighted by Crippen LogP contribution is 2.16. The van der Waals surface area contributed by atoms with Crippen LogP contribution in [0.3, 0.4) is 0 Å². The Kier molecular flexibility index (Phi) is 6.10. The van der Waals surface area contributed by atoms with Crippen molar-refractivity contribution in [1.29, 1.82) is 0 Å². The number of allylic oxidation sites excluding steroid dienone is 1. The van der Waals surface area contributed by atoms with E-state index in [1.807, 2.05) is 6.08 Å². The molecule has 0 aliphatic rings. The molecule has 1 heteroatoms. The SMILES string of the molecule is C=CCCC(C)CC(C)Br. The summed E-state index contributed by atoms with van der Waals surface area (Å²) in [6.07, 6.45) is 5.70. The predicted octanol–water partition coefficient (Wildman–Crippen LogP) is 3.76. The van der Waals surface area contributed by atoms with Crippen molar-refractivity contribution in [2.24, 2.45) is 5.92 Å². The van der Waals surface area contributed by atoms with Crippen LogP contribution < -0.4 is 0 Å². The van der Waals surface area contributed by atoms with Gasteiger partial charge in [-0.1, -0.05) is 35.9 Å². The van der Waals surface area contributed by atoms with Crippen LogP contribution in [0, 0.1) is 5.92 Å². The van der Waals surface area contributed by atoms with Gasteiger partial charge < -0.3 is 0 Å². The van der Waals surface area contributed by atoms with E-state index in [4.69, 9.17) is 0 Å². The van der Waals surface area contributed by atoms with Gasteiger partial charge in [-0.15, -0.1) is 6.58 Å². The number of hydrogen-bond acceptors (Lipinski definition) is 0. The number of hydrogen-bond donors (Lipinski definition) is 0. The lowest BCUT2D eigenvalue weighted by molar-refractivity contribution is 0.499. The quantitative estimate of drug-likeness (QED) is 0.473. The number of rotatable bonds is 5. The van der Waals surface area contributed by atoms with E-state index >= 15 is 0 Å². The summed E-state index contributed by atoms with van der Waals surface area (Å²) in [5.41, 5.74) is 0. The molecule has 2 unspecified atom stereocenters. The summed E-state index contributed by atoms with van der Waals surface area (Å²) in [5.74, 6) is 0.826. The molecule has 0 aliphatic carbocycles. The van der Waals surface area contributed by atoms with Gasteiger partial charge in [0, 0.05) is 4.83 Å². The van der Waals surface area contributed by atoms with Crippen molar-refractivity contribution in [2.45, 2.75) is 37.9 Å². The standard InChI is InChI=1S/C9H17Br/c1-4-5-6-8(2)7-9(3)10/h4,8-9H,1,5-7H2,2-3H3. The molecule has 0 aliphatic heterocycles. The summed E-state index contributed by atoms with van der Waals surface area (Å²) in [4.78, 5) is 0.660. The Hall–Kier alpha value is 0.220. The fourth-order valence-electron chi connectivity index (χ4n) is 1.07. The van der Waals surface area contributed by atoms with Crippen LogP contribution in [0.2, 0.25) is 0 Å². The van der Waals surface area contributed by atoms with E-state index in [0.29, 0.717) is 4.83 Å². The van der Waals surface area contributed by atoms with E-state index < -0.39 is 0 Å². The topological polar surface area (TPSA) is 0 Å². The molecule has 0 rings (SSSR count). The molecule has 0 aromatic heterocycles. The smallest absolute Gasteiger partial charge is 0.0120 e. The third kappa shape index (κ3) is 6.34. The van der Waals surface area contributed by atoms with Crippen molar-refractivity contribution in [3.63, 3.8) is 0 Å².